The van der Waals surface area contributed by atoms with Crippen LogP contribution in [0.5, 0.6) is 0 Å². The number of ether oxygens (including phenoxy) is 4. The summed E-state index contributed by atoms with van der Waals surface area (Å²) in [7, 11) is 1.25. The number of nitrogens with zero attached hydrogens (tertiary/aromatic N) is 1. The number of hydrogen-bond acceptors (Lipinski definition) is 7. The molecule has 4 atom stereocenters. The topological polar surface area (TPSA) is 91.4 Å². The Kier molecular flexibility index (Phi) is 3.52. The number of hydrogen-bond donors (Lipinski definition) is 0. The highest BCUT2D eigenvalue weighted by molar-refractivity contribution is 6.25. The third-order valence-corrected chi connectivity index (χ3v) is 5.62. The van der Waals surface area contributed by atoms with Gasteiger partial charge in [0.25, 0.3) is 0 Å². The first-order valence-electron chi connectivity index (χ1n) is 8.74. The summed E-state index contributed by atoms with van der Waals surface area (Å²) in [5, 5.41) is 0. The number of imide groups is 1. The molecular formula is C19H17NO7. The fraction of sp³-hybridized carbons (Fsp3) is 0.421. The lowest BCUT2D eigenvalue weighted by Gasteiger charge is -2.32. The first-order valence-corrected chi connectivity index (χ1v) is 8.74. The molecule has 2 bridgehead atoms. The van der Waals surface area contributed by atoms with Gasteiger partial charge in [-0.1, -0.05) is 18.2 Å². The molecule has 8 nitrogen and oxygen atoms in total. The third kappa shape index (κ3) is 2.06. The Morgan fingerprint density at radius 2 is 1.93 bits per heavy atom. The van der Waals surface area contributed by atoms with E-state index in [1.54, 1.807) is 30.4 Å². The molecule has 1 aromatic rings. The summed E-state index contributed by atoms with van der Waals surface area (Å²) in [6.45, 7) is 0.811. The van der Waals surface area contributed by atoms with Crippen LogP contribution in [-0.2, 0) is 28.5 Å². The van der Waals surface area contributed by atoms with Crippen LogP contribution >= 0.6 is 0 Å². The fourth-order valence-corrected chi connectivity index (χ4v) is 4.51. The summed E-state index contributed by atoms with van der Waals surface area (Å²) in [6, 6.07) is 6.41. The first-order chi connectivity index (χ1) is 13.1. The predicted octanol–water partition coefficient (Wildman–Crippen LogP) is 0.659. The number of para-hydroxylation sites is 1. The van der Waals surface area contributed by atoms with Crippen LogP contribution in [0.25, 0.3) is 0 Å². The minimum absolute atomic E-state index is 0.158. The molecule has 3 fully saturated rings. The lowest BCUT2D eigenvalue weighted by Crippen LogP contribution is -2.49. The van der Waals surface area contributed by atoms with Crippen molar-refractivity contribution in [1.82, 2.24) is 0 Å². The summed E-state index contributed by atoms with van der Waals surface area (Å²) in [4.78, 5) is 39.7. The van der Waals surface area contributed by atoms with Gasteiger partial charge in [-0.25, -0.2) is 9.69 Å². The van der Waals surface area contributed by atoms with Crippen LogP contribution in [0.3, 0.4) is 0 Å². The van der Waals surface area contributed by atoms with Crippen molar-refractivity contribution in [3.05, 3.63) is 42.0 Å². The summed E-state index contributed by atoms with van der Waals surface area (Å²) in [6.07, 6.45) is 2.30. The minimum atomic E-state index is -1.12. The molecule has 0 spiro atoms. The van der Waals surface area contributed by atoms with Crippen molar-refractivity contribution in [3.63, 3.8) is 0 Å². The van der Waals surface area contributed by atoms with Crippen molar-refractivity contribution in [2.75, 3.05) is 25.2 Å². The molecule has 0 unspecified atom stereocenters. The largest absolute Gasteiger partial charge is 0.465 e. The second-order valence-electron chi connectivity index (χ2n) is 6.89. The Bertz CT molecular complexity index is 875. The molecule has 4 aliphatic heterocycles. The average molecular weight is 371 g/mol. The predicted molar refractivity (Wildman–Crippen MR) is 89.7 cm³/mol. The Balaban J connectivity index is 1.57. The van der Waals surface area contributed by atoms with Gasteiger partial charge in [0.15, 0.2) is 11.9 Å². The van der Waals surface area contributed by atoms with Crippen LogP contribution in [0.4, 0.5) is 5.69 Å². The standard InChI is InChI=1S/C19H17NO7/c1-24-17(23)10-4-2-3-5-11(10)20-15(21)13-12-6-7-19(27-12,14(13)16(20)22)18-25-8-9-26-18/h2-7,12-14,18H,8-9H2,1H3/t12-,13-,14-,19-/m1/s1. The molecule has 4 heterocycles. The number of esters is 1. The third-order valence-electron chi connectivity index (χ3n) is 5.62. The Morgan fingerprint density at radius 3 is 2.67 bits per heavy atom. The minimum Gasteiger partial charge on any atom is -0.465 e. The molecule has 3 saturated heterocycles. The first kappa shape index (κ1) is 16.6. The average Bonchev–Trinajstić information content (AvgIpc) is 3.45. The Labute approximate surface area is 154 Å². The molecule has 0 saturated carbocycles. The maximum atomic E-state index is 13.3. The van der Waals surface area contributed by atoms with E-state index in [0.29, 0.717) is 13.2 Å². The van der Waals surface area contributed by atoms with Crippen molar-refractivity contribution in [3.8, 4) is 0 Å². The van der Waals surface area contributed by atoms with Gasteiger partial charge in [-0.05, 0) is 18.2 Å². The summed E-state index contributed by atoms with van der Waals surface area (Å²) in [5.74, 6) is -2.85. The summed E-state index contributed by atoms with van der Waals surface area (Å²) >= 11 is 0. The zero-order valence-electron chi connectivity index (χ0n) is 14.5. The van der Waals surface area contributed by atoms with Crippen molar-refractivity contribution >= 4 is 23.5 Å². The normalized spacial score (nSPS) is 34.6. The van der Waals surface area contributed by atoms with Gasteiger partial charge in [0.2, 0.25) is 11.8 Å². The van der Waals surface area contributed by atoms with Crippen LogP contribution < -0.4 is 4.90 Å². The second kappa shape index (κ2) is 5.72. The Morgan fingerprint density at radius 1 is 1.19 bits per heavy atom. The van der Waals surface area contributed by atoms with E-state index in [1.165, 1.54) is 13.2 Å². The molecule has 0 aliphatic carbocycles. The lowest BCUT2D eigenvalue weighted by molar-refractivity contribution is -0.180. The zero-order chi connectivity index (χ0) is 18.8. The molecule has 0 aromatic heterocycles. The smallest absolute Gasteiger partial charge is 0.339 e. The van der Waals surface area contributed by atoms with Crippen molar-refractivity contribution in [2.24, 2.45) is 11.8 Å². The van der Waals surface area contributed by atoms with Crippen LogP contribution in [0.2, 0.25) is 0 Å². The van der Waals surface area contributed by atoms with E-state index in [1.807, 2.05) is 0 Å². The SMILES string of the molecule is COC(=O)c1ccccc1N1C(=O)[C@@H]2[C@H]3C=C[C@@](C4OCCO4)(O3)[C@H]2C1=O. The molecule has 140 valence electrons. The molecule has 4 aliphatic rings. The molecule has 2 amide bonds. The number of carbonyl (C=O) groups is 3. The quantitative estimate of drug-likeness (QED) is 0.438. The number of fused-ring (bicyclic) bond motifs is 5. The molecule has 5 rings (SSSR count). The summed E-state index contributed by atoms with van der Waals surface area (Å²) < 4.78 is 22.0. The van der Waals surface area contributed by atoms with Crippen molar-refractivity contribution in [2.45, 2.75) is 18.0 Å². The highest BCUT2D eigenvalue weighted by atomic mass is 16.7. The number of amides is 2. The van der Waals surface area contributed by atoms with E-state index < -0.39 is 47.6 Å². The zero-order valence-corrected chi connectivity index (χ0v) is 14.5. The lowest BCUT2D eigenvalue weighted by atomic mass is 9.76. The highest BCUT2D eigenvalue weighted by Gasteiger charge is 2.71. The van der Waals surface area contributed by atoms with E-state index in [0.717, 1.165) is 4.90 Å². The van der Waals surface area contributed by atoms with E-state index in [9.17, 15) is 14.4 Å². The van der Waals surface area contributed by atoms with Crippen molar-refractivity contribution < 1.29 is 33.3 Å². The van der Waals surface area contributed by atoms with E-state index >= 15 is 0 Å². The van der Waals surface area contributed by atoms with Gasteiger partial charge in [0.05, 0.1) is 49.5 Å². The Hall–Kier alpha value is -2.55. The molecule has 0 N–H and O–H groups in total. The number of anilines is 1. The second-order valence-corrected chi connectivity index (χ2v) is 6.89. The molecule has 1 aromatic carbocycles. The van der Waals surface area contributed by atoms with Gasteiger partial charge in [-0.15, -0.1) is 0 Å². The van der Waals surface area contributed by atoms with Gasteiger partial charge < -0.3 is 18.9 Å². The monoisotopic (exact) mass is 371 g/mol. The summed E-state index contributed by atoms with van der Waals surface area (Å²) in [5.41, 5.74) is -0.741. The number of benzene rings is 1. The molecule has 27 heavy (non-hydrogen) atoms. The van der Waals surface area contributed by atoms with Crippen molar-refractivity contribution in [1.29, 1.82) is 0 Å². The molecule has 8 heteroatoms. The van der Waals surface area contributed by atoms with Crippen LogP contribution in [-0.4, -0.2) is 56.1 Å². The van der Waals surface area contributed by atoms with Crippen LogP contribution in [0.1, 0.15) is 10.4 Å². The van der Waals surface area contributed by atoms with Gasteiger partial charge >= 0.3 is 5.97 Å². The highest BCUT2D eigenvalue weighted by Crippen LogP contribution is 2.55. The molecular weight excluding hydrogens is 354 g/mol. The van der Waals surface area contributed by atoms with Gasteiger partial charge in [-0.2, -0.15) is 0 Å². The maximum Gasteiger partial charge on any atom is 0.339 e. The molecule has 0 radical (unpaired) electrons. The van der Waals surface area contributed by atoms with Gasteiger partial charge in [-0.3, -0.25) is 9.59 Å². The van der Waals surface area contributed by atoms with E-state index in [-0.39, 0.29) is 11.3 Å². The van der Waals surface area contributed by atoms with E-state index in [4.69, 9.17) is 18.9 Å². The maximum absolute atomic E-state index is 13.3. The van der Waals surface area contributed by atoms with Gasteiger partial charge in [0.1, 0.15) is 0 Å². The number of methoxy groups -OCH3 is 1. The van der Waals surface area contributed by atoms with Gasteiger partial charge in [0, 0.05) is 0 Å². The van der Waals surface area contributed by atoms with Crippen LogP contribution in [0.15, 0.2) is 36.4 Å². The number of carbonyl (C=O) groups excluding carboxylic acids is 3. The van der Waals surface area contributed by atoms with Crippen LogP contribution in [0, 0.1) is 11.8 Å². The van der Waals surface area contributed by atoms with E-state index in [2.05, 4.69) is 0 Å². The fourth-order valence-electron chi connectivity index (χ4n) is 4.51. The number of rotatable bonds is 3.